The average Bonchev–Trinajstić information content (AvgIpc) is 2.36. The number of likely N-dealkylation sites (tertiary alicyclic amines) is 1. The van der Waals surface area contributed by atoms with E-state index in [9.17, 15) is 9.59 Å². The fourth-order valence-corrected chi connectivity index (χ4v) is 2.22. The number of hydrogen-bond acceptors (Lipinski definition) is 3. The molecule has 0 bridgehead atoms. The molecule has 1 aliphatic heterocycles. The molecule has 5 nitrogen and oxygen atoms in total. The summed E-state index contributed by atoms with van der Waals surface area (Å²) >= 11 is 0. The molecule has 2 unspecified atom stereocenters. The molecule has 0 spiro atoms. The molecule has 1 aliphatic rings. The molecule has 1 fully saturated rings. The lowest BCUT2D eigenvalue weighted by atomic mass is 9.93. The van der Waals surface area contributed by atoms with E-state index in [4.69, 9.17) is 5.73 Å². The molecule has 1 heterocycles. The van der Waals surface area contributed by atoms with Crippen LogP contribution in [0.4, 0.5) is 0 Å². The summed E-state index contributed by atoms with van der Waals surface area (Å²) in [4.78, 5) is 27.4. The second-order valence-corrected chi connectivity index (χ2v) is 5.48. The molecular weight excluding hydrogens is 230 g/mol. The minimum atomic E-state index is -0.147. The van der Waals surface area contributed by atoms with Crippen molar-refractivity contribution in [1.82, 2.24) is 9.80 Å². The number of rotatable bonds is 3. The minimum absolute atomic E-state index is 0.0645. The van der Waals surface area contributed by atoms with Gasteiger partial charge in [0.05, 0.1) is 5.92 Å². The van der Waals surface area contributed by atoms with Crippen LogP contribution in [0.1, 0.15) is 26.7 Å². The molecule has 2 atom stereocenters. The van der Waals surface area contributed by atoms with Crippen LogP contribution < -0.4 is 5.73 Å². The molecule has 5 heteroatoms. The Morgan fingerprint density at radius 1 is 1.22 bits per heavy atom. The Balaban J connectivity index is 2.49. The maximum Gasteiger partial charge on any atom is 0.226 e. The summed E-state index contributed by atoms with van der Waals surface area (Å²) in [6, 6.07) is -0.126. The topological polar surface area (TPSA) is 66.6 Å². The number of nitrogens with zero attached hydrogens (tertiary/aromatic N) is 2. The summed E-state index contributed by atoms with van der Waals surface area (Å²) in [5.74, 6) is 0.198. The van der Waals surface area contributed by atoms with E-state index in [0.717, 1.165) is 12.8 Å². The van der Waals surface area contributed by atoms with Crippen LogP contribution in [0.5, 0.6) is 0 Å². The van der Waals surface area contributed by atoms with Gasteiger partial charge in [-0.3, -0.25) is 9.59 Å². The van der Waals surface area contributed by atoms with Crippen LogP contribution in [0, 0.1) is 11.8 Å². The van der Waals surface area contributed by atoms with Gasteiger partial charge in [0.2, 0.25) is 11.8 Å². The first-order valence-corrected chi connectivity index (χ1v) is 6.60. The zero-order valence-electron chi connectivity index (χ0n) is 11.8. The van der Waals surface area contributed by atoms with Crippen molar-refractivity contribution in [2.45, 2.75) is 32.7 Å². The molecule has 0 radical (unpaired) electrons. The number of nitrogens with two attached hydrogens (primary N) is 1. The van der Waals surface area contributed by atoms with Gasteiger partial charge < -0.3 is 15.5 Å². The van der Waals surface area contributed by atoms with Crippen LogP contribution in [-0.2, 0) is 9.59 Å². The lowest BCUT2D eigenvalue weighted by Crippen LogP contribution is -2.47. The van der Waals surface area contributed by atoms with Gasteiger partial charge in [-0.25, -0.2) is 0 Å². The van der Waals surface area contributed by atoms with Crippen molar-refractivity contribution in [2.75, 3.05) is 27.2 Å². The number of hydrogen-bond donors (Lipinski definition) is 1. The average molecular weight is 255 g/mol. The molecule has 0 saturated carbocycles. The Morgan fingerprint density at radius 2 is 1.72 bits per heavy atom. The van der Waals surface area contributed by atoms with Gasteiger partial charge in [0, 0.05) is 39.1 Å². The van der Waals surface area contributed by atoms with Gasteiger partial charge in [-0.05, 0) is 19.8 Å². The molecule has 0 aromatic heterocycles. The van der Waals surface area contributed by atoms with Gasteiger partial charge in [0.15, 0.2) is 0 Å². The predicted molar refractivity (Wildman–Crippen MR) is 70.8 cm³/mol. The number of carbonyl (C=O) groups is 2. The van der Waals surface area contributed by atoms with E-state index in [1.165, 1.54) is 0 Å². The summed E-state index contributed by atoms with van der Waals surface area (Å²) < 4.78 is 0. The second kappa shape index (κ2) is 6.18. The standard InChI is InChI=1S/C13H25N3O2/c1-9(10(2)14)12(17)16-7-5-11(6-8-16)13(18)15(3)4/h9-11H,5-8,14H2,1-4H3. The van der Waals surface area contributed by atoms with E-state index in [1.807, 2.05) is 18.7 Å². The number of amides is 2. The highest BCUT2D eigenvalue weighted by Gasteiger charge is 2.30. The molecule has 104 valence electrons. The Morgan fingerprint density at radius 3 is 2.11 bits per heavy atom. The van der Waals surface area contributed by atoms with Crippen LogP contribution in [0.15, 0.2) is 0 Å². The van der Waals surface area contributed by atoms with Crippen LogP contribution >= 0.6 is 0 Å². The number of piperidine rings is 1. The fraction of sp³-hybridized carbons (Fsp3) is 0.846. The van der Waals surface area contributed by atoms with Crippen LogP contribution in [0.2, 0.25) is 0 Å². The van der Waals surface area contributed by atoms with E-state index in [-0.39, 0.29) is 29.7 Å². The smallest absolute Gasteiger partial charge is 0.226 e. The molecule has 2 N–H and O–H groups in total. The fourth-order valence-electron chi connectivity index (χ4n) is 2.22. The predicted octanol–water partition coefficient (Wildman–Crippen LogP) is 0.297. The summed E-state index contributed by atoms with van der Waals surface area (Å²) in [5, 5.41) is 0. The Labute approximate surface area is 109 Å². The van der Waals surface area contributed by atoms with Crippen LogP contribution in [0.3, 0.4) is 0 Å². The van der Waals surface area contributed by atoms with Gasteiger partial charge in [0.25, 0.3) is 0 Å². The zero-order chi connectivity index (χ0) is 13.9. The van der Waals surface area contributed by atoms with Crippen molar-refractivity contribution in [1.29, 1.82) is 0 Å². The molecule has 1 rings (SSSR count). The zero-order valence-corrected chi connectivity index (χ0v) is 11.8. The molecule has 2 amide bonds. The summed E-state index contributed by atoms with van der Waals surface area (Å²) in [5.41, 5.74) is 5.75. The molecule has 0 aliphatic carbocycles. The van der Waals surface area contributed by atoms with Crippen molar-refractivity contribution in [3.8, 4) is 0 Å². The molecule has 0 aromatic rings. The van der Waals surface area contributed by atoms with E-state index in [0.29, 0.717) is 13.1 Å². The maximum absolute atomic E-state index is 12.1. The van der Waals surface area contributed by atoms with Gasteiger partial charge in [0.1, 0.15) is 0 Å². The van der Waals surface area contributed by atoms with Gasteiger partial charge in [-0.15, -0.1) is 0 Å². The Bertz CT molecular complexity index is 307. The number of carbonyl (C=O) groups excluding carboxylic acids is 2. The third-order valence-electron chi connectivity index (χ3n) is 3.77. The van der Waals surface area contributed by atoms with Crippen molar-refractivity contribution in [3.05, 3.63) is 0 Å². The Kier molecular flexibility index (Phi) is 5.14. The van der Waals surface area contributed by atoms with E-state index in [2.05, 4.69) is 0 Å². The first kappa shape index (κ1) is 15.0. The van der Waals surface area contributed by atoms with Crippen LogP contribution in [-0.4, -0.2) is 54.8 Å². The van der Waals surface area contributed by atoms with Crippen molar-refractivity contribution in [3.63, 3.8) is 0 Å². The van der Waals surface area contributed by atoms with Crippen molar-refractivity contribution >= 4 is 11.8 Å². The van der Waals surface area contributed by atoms with Crippen LogP contribution in [0.25, 0.3) is 0 Å². The third kappa shape index (κ3) is 3.45. The molecule has 18 heavy (non-hydrogen) atoms. The SMILES string of the molecule is CC(N)C(C)C(=O)N1CCC(C(=O)N(C)C)CC1. The molecule has 0 aromatic carbocycles. The molecular formula is C13H25N3O2. The monoisotopic (exact) mass is 255 g/mol. The minimum Gasteiger partial charge on any atom is -0.349 e. The van der Waals surface area contributed by atoms with E-state index in [1.54, 1.807) is 19.0 Å². The second-order valence-electron chi connectivity index (χ2n) is 5.48. The van der Waals surface area contributed by atoms with E-state index < -0.39 is 0 Å². The highest BCUT2D eigenvalue weighted by Crippen LogP contribution is 2.20. The van der Waals surface area contributed by atoms with Gasteiger partial charge >= 0.3 is 0 Å². The largest absolute Gasteiger partial charge is 0.349 e. The van der Waals surface area contributed by atoms with Crippen molar-refractivity contribution in [2.24, 2.45) is 17.6 Å². The summed E-state index contributed by atoms with van der Waals surface area (Å²) in [6.45, 7) is 5.05. The molecule has 1 saturated heterocycles. The van der Waals surface area contributed by atoms with E-state index >= 15 is 0 Å². The highest BCUT2D eigenvalue weighted by molar-refractivity contribution is 5.81. The lowest BCUT2D eigenvalue weighted by molar-refractivity contribution is -0.141. The lowest BCUT2D eigenvalue weighted by Gasteiger charge is -2.34. The summed E-state index contributed by atoms with van der Waals surface area (Å²) in [6.07, 6.45) is 1.52. The Hall–Kier alpha value is -1.10. The quantitative estimate of drug-likeness (QED) is 0.788. The van der Waals surface area contributed by atoms with Gasteiger partial charge in [-0.2, -0.15) is 0 Å². The van der Waals surface area contributed by atoms with Crippen molar-refractivity contribution < 1.29 is 9.59 Å². The normalized spacial score (nSPS) is 20.4. The highest BCUT2D eigenvalue weighted by atomic mass is 16.2. The summed E-state index contributed by atoms with van der Waals surface area (Å²) in [7, 11) is 3.55. The first-order valence-electron chi connectivity index (χ1n) is 6.60. The third-order valence-corrected chi connectivity index (χ3v) is 3.77. The maximum atomic E-state index is 12.1. The first-order chi connectivity index (χ1) is 8.34. The van der Waals surface area contributed by atoms with Gasteiger partial charge in [-0.1, -0.05) is 6.92 Å².